The molecular formula is C19H20FN7O. The molecule has 0 aliphatic carbocycles. The average molecular weight is 381 g/mol. The number of halogens is 1. The van der Waals surface area contributed by atoms with Crippen LogP contribution in [0.5, 0.6) is 0 Å². The standard InChI is InChI=1S/C19H20FN7O/c20-16-13-22-19(23-14-16)26-10-7-25(8-11-26)9-12-27-18(28)2-1-17(24-27)15-3-5-21-6-4-15/h1-6,13-14H,7-12H2. The number of anilines is 1. The maximum Gasteiger partial charge on any atom is 0.266 e. The van der Waals surface area contributed by atoms with Crippen LogP contribution in [0.1, 0.15) is 0 Å². The van der Waals surface area contributed by atoms with Crippen LogP contribution in [0.4, 0.5) is 10.3 Å². The molecule has 4 heterocycles. The van der Waals surface area contributed by atoms with Crippen LogP contribution in [0.2, 0.25) is 0 Å². The van der Waals surface area contributed by atoms with E-state index in [1.807, 2.05) is 17.0 Å². The van der Waals surface area contributed by atoms with Crippen molar-refractivity contribution in [2.45, 2.75) is 6.54 Å². The summed E-state index contributed by atoms with van der Waals surface area (Å²) in [4.78, 5) is 28.5. The van der Waals surface area contributed by atoms with Crippen LogP contribution >= 0.6 is 0 Å². The van der Waals surface area contributed by atoms with E-state index in [0.717, 1.165) is 44.0 Å². The van der Waals surface area contributed by atoms with E-state index in [0.29, 0.717) is 12.5 Å². The summed E-state index contributed by atoms with van der Waals surface area (Å²) < 4.78 is 14.5. The van der Waals surface area contributed by atoms with Crippen LogP contribution in [0.3, 0.4) is 0 Å². The quantitative estimate of drug-likeness (QED) is 0.654. The van der Waals surface area contributed by atoms with E-state index in [9.17, 15) is 9.18 Å². The minimum absolute atomic E-state index is 0.115. The van der Waals surface area contributed by atoms with E-state index >= 15 is 0 Å². The first-order valence-corrected chi connectivity index (χ1v) is 9.12. The van der Waals surface area contributed by atoms with Gasteiger partial charge >= 0.3 is 0 Å². The molecule has 9 heteroatoms. The van der Waals surface area contributed by atoms with Gasteiger partial charge in [-0.3, -0.25) is 14.7 Å². The Hall–Kier alpha value is -3.20. The Kier molecular flexibility index (Phi) is 5.34. The van der Waals surface area contributed by atoms with Gasteiger partial charge in [0.05, 0.1) is 24.6 Å². The average Bonchev–Trinajstić information content (AvgIpc) is 2.75. The molecule has 1 aliphatic heterocycles. The second kappa shape index (κ2) is 8.22. The van der Waals surface area contributed by atoms with Crippen molar-refractivity contribution in [3.8, 4) is 11.3 Å². The lowest BCUT2D eigenvalue weighted by Gasteiger charge is -2.34. The third-order valence-corrected chi connectivity index (χ3v) is 4.73. The normalized spacial score (nSPS) is 15.0. The molecule has 0 unspecified atom stereocenters. The molecule has 144 valence electrons. The fourth-order valence-electron chi connectivity index (χ4n) is 3.16. The van der Waals surface area contributed by atoms with Gasteiger partial charge < -0.3 is 4.90 Å². The molecule has 28 heavy (non-hydrogen) atoms. The van der Waals surface area contributed by atoms with Crippen LogP contribution in [0, 0.1) is 5.82 Å². The highest BCUT2D eigenvalue weighted by Gasteiger charge is 2.19. The second-order valence-electron chi connectivity index (χ2n) is 6.55. The summed E-state index contributed by atoms with van der Waals surface area (Å²) in [5.41, 5.74) is 1.56. The van der Waals surface area contributed by atoms with Crippen molar-refractivity contribution >= 4 is 5.95 Å². The van der Waals surface area contributed by atoms with Gasteiger partial charge in [0.15, 0.2) is 5.82 Å². The lowest BCUT2D eigenvalue weighted by molar-refractivity contribution is 0.242. The maximum atomic E-state index is 13.0. The van der Waals surface area contributed by atoms with Gasteiger partial charge in [0.25, 0.3) is 5.56 Å². The van der Waals surface area contributed by atoms with E-state index in [1.54, 1.807) is 24.5 Å². The first-order chi connectivity index (χ1) is 13.7. The molecule has 0 bridgehead atoms. The lowest BCUT2D eigenvalue weighted by Crippen LogP contribution is -2.48. The van der Waals surface area contributed by atoms with E-state index in [2.05, 4.69) is 25.0 Å². The monoisotopic (exact) mass is 381 g/mol. The summed E-state index contributed by atoms with van der Waals surface area (Å²) in [5.74, 6) is 0.110. The zero-order chi connectivity index (χ0) is 19.3. The van der Waals surface area contributed by atoms with Crippen molar-refractivity contribution in [2.75, 3.05) is 37.6 Å². The number of rotatable bonds is 5. The summed E-state index contributed by atoms with van der Waals surface area (Å²) >= 11 is 0. The molecule has 0 aromatic carbocycles. The zero-order valence-electron chi connectivity index (χ0n) is 15.3. The highest BCUT2D eigenvalue weighted by Crippen LogP contribution is 2.13. The van der Waals surface area contributed by atoms with Crippen LogP contribution in [0.25, 0.3) is 11.3 Å². The summed E-state index contributed by atoms with van der Waals surface area (Å²) in [6.45, 7) is 4.39. The molecule has 0 N–H and O–H groups in total. The first-order valence-electron chi connectivity index (χ1n) is 9.12. The summed E-state index contributed by atoms with van der Waals surface area (Å²) in [7, 11) is 0. The Morgan fingerprint density at radius 3 is 2.36 bits per heavy atom. The summed E-state index contributed by atoms with van der Waals surface area (Å²) in [6, 6.07) is 7.02. The van der Waals surface area contributed by atoms with Crippen LogP contribution < -0.4 is 10.5 Å². The van der Waals surface area contributed by atoms with Crippen molar-refractivity contribution in [2.24, 2.45) is 0 Å². The van der Waals surface area contributed by atoms with Crippen LogP contribution in [0.15, 0.2) is 53.8 Å². The highest BCUT2D eigenvalue weighted by molar-refractivity contribution is 5.56. The molecule has 1 saturated heterocycles. The Bertz CT molecular complexity index is 970. The van der Waals surface area contributed by atoms with Gasteiger partial charge in [-0.05, 0) is 18.2 Å². The minimum Gasteiger partial charge on any atom is -0.338 e. The molecule has 1 fully saturated rings. The third kappa shape index (κ3) is 4.20. The van der Waals surface area contributed by atoms with Crippen molar-refractivity contribution in [3.05, 3.63) is 65.2 Å². The molecule has 4 rings (SSSR count). The van der Waals surface area contributed by atoms with Gasteiger partial charge in [-0.15, -0.1) is 0 Å². The number of hydrogen-bond acceptors (Lipinski definition) is 7. The SMILES string of the molecule is O=c1ccc(-c2ccncc2)nn1CCN1CCN(c2ncc(F)cn2)CC1. The van der Waals surface area contributed by atoms with Gasteiger partial charge in [-0.25, -0.2) is 19.0 Å². The van der Waals surface area contributed by atoms with Crippen molar-refractivity contribution in [3.63, 3.8) is 0 Å². The molecule has 3 aromatic rings. The smallest absolute Gasteiger partial charge is 0.266 e. The first kappa shape index (κ1) is 18.2. The van der Waals surface area contributed by atoms with Gasteiger partial charge in [0.2, 0.25) is 5.95 Å². The third-order valence-electron chi connectivity index (χ3n) is 4.73. The Balaban J connectivity index is 1.35. The largest absolute Gasteiger partial charge is 0.338 e. The Morgan fingerprint density at radius 1 is 0.929 bits per heavy atom. The fourth-order valence-corrected chi connectivity index (χ4v) is 3.16. The van der Waals surface area contributed by atoms with Crippen molar-refractivity contribution < 1.29 is 4.39 Å². The molecule has 3 aromatic heterocycles. The summed E-state index contributed by atoms with van der Waals surface area (Å²) in [6.07, 6.45) is 5.78. The molecule has 0 spiro atoms. The molecule has 0 amide bonds. The van der Waals surface area contributed by atoms with Gasteiger partial charge in [0.1, 0.15) is 0 Å². The molecule has 0 radical (unpaired) electrons. The minimum atomic E-state index is -0.436. The highest BCUT2D eigenvalue weighted by atomic mass is 19.1. The number of nitrogens with zero attached hydrogens (tertiary/aromatic N) is 7. The fraction of sp³-hybridized carbons (Fsp3) is 0.316. The maximum absolute atomic E-state index is 13.0. The summed E-state index contributed by atoms with van der Waals surface area (Å²) in [5, 5.41) is 4.48. The molecular weight excluding hydrogens is 361 g/mol. The van der Waals surface area contributed by atoms with Gasteiger partial charge in [-0.1, -0.05) is 0 Å². The number of hydrogen-bond donors (Lipinski definition) is 0. The molecule has 0 saturated carbocycles. The zero-order valence-corrected chi connectivity index (χ0v) is 15.3. The van der Waals surface area contributed by atoms with Crippen LogP contribution in [-0.4, -0.2) is 62.4 Å². The Labute approximate surface area is 161 Å². The molecule has 0 atom stereocenters. The lowest BCUT2D eigenvalue weighted by atomic mass is 10.2. The van der Waals surface area contributed by atoms with E-state index in [1.165, 1.54) is 17.1 Å². The number of piperazine rings is 1. The second-order valence-corrected chi connectivity index (χ2v) is 6.55. The van der Waals surface area contributed by atoms with E-state index < -0.39 is 5.82 Å². The number of pyridine rings is 1. The predicted molar refractivity (Wildman–Crippen MR) is 102 cm³/mol. The van der Waals surface area contributed by atoms with Crippen molar-refractivity contribution in [1.82, 2.24) is 29.6 Å². The molecule has 1 aliphatic rings. The number of aromatic nitrogens is 5. The van der Waals surface area contributed by atoms with Crippen molar-refractivity contribution in [1.29, 1.82) is 0 Å². The van der Waals surface area contributed by atoms with E-state index in [-0.39, 0.29) is 5.56 Å². The Morgan fingerprint density at radius 2 is 1.64 bits per heavy atom. The van der Waals surface area contributed by atoms with E-state index in [4.69, 9.17) is 0 Å². The van der Waals surface area contributed by atoms with Gasteiger partial charge in [-0.2, -0.15) is 5.10 Å². The van der Waals surface area contributed by atoms with Crippen LogP contribution in [-0.2, 0) is 6.54 Å². The molecule has 8 nitrogen and oxygen atoms in total. The predicted octanol–water partition coefficient (Wildman–Crippen LogP) is 1.06. The van der Waals surface area contributed by atoms with Gasteiger partial charge in [0, 0.05) is 56.7 Å². The topological polar surface area (TPSA) is 80.0 Å².